The lowest BCUT2D eigenvalue weighted by Gasteiger charge is -2.15. The molecule has 19 heavy (non-hydrogen) atoms. The number of aryl methyl sites for hydroxylation is 2. The Balaban J connectivity index is 2.20. The molecule has 0 aliphatic rings. The minimum absolute atomic E-state index is 0.488. The predicted molar refractivity (Wildman–Crippen MR) is 81.8 cm³/mol. The van der Waals surface area contributed by atoms with Gasteiger partial charge in [0.1, 0.15) is 0 Å². The maximum Gasteiger partial charge on any atom is 0.0587 e. The van der Waals surface area contributed by atoms with E-state index in [9.17, 15) is 0 Å². The summed E-state index contributed by atoms with van der Waals surface area (Å²) < 4.78 is 5.00. The molecule has 0 aromatic heterocycles. The second-order valence-electron chi connectivity index (χ2n) is 5.23. The topological polar surface area (TPSA) is 33.3 Å². The zero-order valence-electron chi connectivity index (χ0n) is 12.8. The normalized spacial score (nSPS) is 12.6. The number of rotatable bonds is 9. The highest BCUT2D eigenvalue weighted by atomic mass is 16.5. The molecular formula is C16H28N2O. The van der Waals surface area contributed by atoms with Crippen molar-refractivity contribution in [1.29, 1.82) is 0 Å². The van der Waals surface area contributed by atoms with Gasteiger partial charge in [-0.2, -0.15) is 0 Å². The van der Waals surface area contributed by atoms with Crippen molar-refractivity contribution in [2.24, 2.45) is 0 Å². The van der Waals surface area contributed by atoms with Gasteiger partial charge in [0.05, 0.1) is 6.61 Å². The lowest BCUT2D eigenvalue weighted by Crippen LogP contribution is -2.38. The quantitative estimate of drug-likeness (QED) is 0.670. The van der Waals surface area contributed by atoms with Gasteiger partial charge in [0.2, 0.25) is 0 Å². The SMILES string of the molecule is COCCNCC(C)NCCc1cc(C)ccc1C. The average molecular weight is 264 g/mol. The lowest BCUT2D eigenvalue weighted by molar-refractivity contribution is 0.198. The molecule has 0 fully saturated rings. The van der Waals surface area contributed by atoms with Crippen LogP contribution in [0.5, 0.6) is 0 Å². The molecule has 0 saturated heterocycles. The van der Waals surface area contributed by atoms with Gasteiger partial charge in [-0.25, -0.2) is 0 Å². The van der Waals surface area contributed by atoms with Crippen LogP contribution in [0.25, 0.3) is 0 Å². The van der Waals surface area contributed by atoms with Crippen molar-refractivity contribution in [3.05, 3.63) is 34.9 Å². The summed E-state index contributed by atoms with van der Waals surface area (Å²) in [5, 5.41) is 6.92. The van der Waals surface area contributed by atoms with Crippen molar-refractivity contribution < 1.29 is 4.74 Å². The fraction of sp³-hybridized carbons (Fsp3) is 0.625. The van der Waals surface area contributed by atoms with Crippen LogP contribution in [0.4, 0.5) is 0 Å². The molecule has 2 N–H and O–H groups in total. The molecule has 0 bridgehead atoms. The maximum absolute atomic E-state index is 5.00. The third-order valence-electron chi connectivity index (χ3n) is 3.33. The summed E-state index contributed by atoms with van der Waals surface area (Å²) in [5.74, 6) is 0. The van der Waals surface area contributed by atoms with Crippen LogP contribution in [0.2, 0.25) is 0 Å². The van der Waals surface area contributed by atoms with Crippen molar-refractivity contribution >= 4 is 0 Å². The number of hydrogen-bond donors (Lipinski definition) is 2. The number of methoxy groups -OCH3 is 1. The van der Waals surface area contributed by atoms with Crippen LogP contribution in [0.3, 0.4) is 0 Å². The molecule has 3 nitrogen and oxygen atoms in total. The first-order chi connectivity index (χ1) is 9.13. The molecular weight excluding hydrogens is 236 g/mol. The van der Waals surface area contributed by atoms with Gasteiger partial charge < -0.3 is 15.4 Å². The lowest BCUT2D eigenvalue weighted by atomic mass is 10.0. The van der Waals surface area contributed by atoms with E-state index in [1.54, 1.807) is 7.11 Å². The maximum atomic E-state index is 5.00. The van der Waals surface area contributed by atoms with Crippen molar-refractivity contribution in [2.45, 2.75) is 33.2 Å². The first-order valence-electron chi connectivity index (χ1n) is 7.12. The molecule has 0 amide bonds. The zero-order chi connectivity index (χ0) is 14.1. The Bertz CT molecular complexity index is 366. The van der Waals surface area contributed by atoms with Gasteiger partial charge in [0, 0.05) is 26.2 Å². The Morgan fingerprint density at radius 2 is 2.00 bits per heavy atom. The van der Waals surface area contributed by atoms with E-state index in [1.807, 2.05) is 0 Å². The molecule has 0 saturated carbocycles. The van der Waals surface area contributed by atoms with Crippen LogP contribution in [0, 0.1) is 13.8 Å². The molecule has 1 rings (SSSR count). The van der Waals surface area contributed by atoms with Gasteiger partial charge in [-0.1, -0.05) is 23.8 Å². The third-order valence-corrected chi connectivity index (χ3v) is 3.33. The van der Waals surface area contributed by atoms with Crippen molar-refractivity contribution in [2.75, 3.05) is 33.4 Å². The van der Waals surface area contributed by atoms with Crippen LogP contribution < -0.4 is 10.6 Å². The van der Waals surface area contributed by atoms with E-state index in [0.29, 0.717) is 6.04 Å². The molecule has 108 valence electrons. The van der Waals surface area contributed by atoms with Gasteiger partial charge in [0.25, 0.3) is 0 Å². The summed E-state index contributed by atoms with van der Waals surface area (Å²) >= 11 is 0. The largest absolute Gasteiger partial charge is 0.383 e. The Hall–Kier alpha value is -0.900. The molecule has 1 aromatic rings. The zero-order valence-corrected chi connectivity index (χ0v) is 12.8. The number of ether oxygens (including phenoxy) is 1. The van der Waals surface area contributed by atoms with E-state index in [-0.39, 0.29) is 0 Å². The van der Waals surface area contributed by atoms with Gasteiger partial charge in [-0.15, -0.1) is 0 Å². The summed E-state index contributed by atoms with van der Waals surface area (Å²) in [5.41, 5.74) is 4.18. The van der Waals surface area contributed by atoms with Gasteiger partial charge in [0.15, 0.2) is 0 Å². The van der Waals surface area contributed by atoms with Gasteiger partial charge in [-0.3, -0.25) is 0 Å². The average Bonchev–Trinajstić information content (AvgIpc) is 2.39. The molecule has 1 aromatic carbocycles. The minimum Gasteiger partial charge on any atom is -0.383 e. The Kier molecular flexibility index (Phi) is 7.72. The number of hydrogen-bond acceptors (Lipinski definition) is 3. The fourth-order valence-corrected chi connectivity index (χ4v) is 2.09. The molecule has 0 heterocycles. The molecule has 1 atom stereocenters. The monoisotopic (exact) mass is 264 g/mol. The summed E-state index contributed by atoms with van der Waals surface area (Å²) in [6.45, 7) is 10.2. The fourth-order valence-electron chi connectivity index (χ4n) is 2.09. The summed E-state index contributed by atoms with van der Waals surface area (Å²) in [7, 11) is 1.73. The molecule has 0 spiro atoms. The summed E-state index contributed by atoms with van der Waals surface area (Å²) in [4.78, 5) is 0. The first kappa shape index (κ1) is 16.2. The van der Waals surface area contributed by atoms with E-state index in [2.05, 4.69) is 49.6 Å². The van der Waals surface area contributed by atoms with E-state index in [0.717, 1.165) is 32.7 Å². The Morgan fingerprint density at radius 1 is 1.21 bits per heavy atom. The van der Waals surface area contributed by atoms with Crippen molar-refractivity contribution in [3.63, 3.8) is 0 Å². The number of nitrogens with one attached hydrogen (secondary N) is 2. The predicted octanol–water partition coefficient (Wildman–Crippen LogP) is 2.06. The standard InChI is InChI=1S/C16H28N2O/c1-13-5-6-14(2)16(11-13)7-8-18-15(3)12-17-9-10-19-4/h5-6,11,15,17-18H,7-10,12H2,1-4H3. The molecule has 3 heteroatoms. The number of benzene rings is 1. The minimum atomic E-state index is 0.488. The smallest absolute Gasteiger partial charge is 0.0587 e. The third kappa shape index (κ3) is 6.71. The van der Waals surface area contributed by atoms with Crippen LogP contribution in [0.15, 0.2) is 18.2 Å². The molecule has 0 aliphatic carbocycles. The molecule has 0 aliphatic heterocycles. The van der Waals surface area contributed by atoms with Crippen LogP contribution in [0.1, 0.15) is 23.6 Å². The van der Waals surface area contributed by atoms with E-state index >= 15 is 0 Å². The van der Waals surface area contributed by atoms with Crippen LogP contribution >= 0.6 is 0 Å². The summed E-state index contributed by atoms with van der Waals surface area (Å²) in [6, 6.07) is 7.16. The molecule has 1 unspecified atom stereocenters. The van der Waals surface area contributed by atoms with Gasteiger partial charge >= 0.3 is 0 Å². The second-order valence-corrected chi connectivity index (χ2v) is 5.23. The van der Waals surface area contributed by atoms with E-state index in [4.69, 9.17) is 4.74 Å². The Labute approximate surface area is 117 Å². The van der Waals surface area contributed by atoms with Crippen LogP contribution in [-0.4, -0.2) is 39.4 Å². The first-order valence-corrected chi connectivity index (χ1v) is 7.12. The second kappa shape index (κ2) is 9.08. The Morgan fingerprint density at radius 3 is 2.74 bits per heavy atom. The molecule has 0 radical (unpaired) electrons. The van der Waals surface area contributed by atoms with Crippen molar-refractivity contribution in [1.82, 2.24) is 10.6 Å². The highest BCUT2D eigenvalue weighted by Gasteiger charge is 2.02. The van der Waals surface area contributed by atoms with Gasteiger partial charge in [-0.05, 0) is 44.9 Å². The summed E-state index contributed by atoms with van der Waals surface area (Å²) in [6.07, 6.45) is 1.09. The van der Waals surface area contributed by atoms with Crippen molar-refractivity contribution in [3.8, 4) is 0 Å². The highest BCUT2D eigenvalue weighted by Crippen LogP contribution is 2.10. The van der Waals surface area contributed by atoms with E-state index in [1.165, 1.54) is 16.7 Å². The van der Waals surface area contributed by atoms with Crippen LogP contribution in [-0.2, 0) is 11.2 Å². The van der Waals surface area contributed by atoms with E-state index < -0.39 is 0 Å². The highest BCUT2D eigenvalue weighted by molar-refractivity contribution is 5.30.